The Bertz CT molecular complexity index is 782. The van der Waals surface area contributed by atoms with Crippen molar-refractivity contribution in [3.05, 3.63) is 47.0 Å². The van der Waals surface area contributed by atoms with E-state index in [0.29, 0.717) is 33.9 Å². The van der Waals surface area contributed by atoms with Crippen molar-refractivity contribution in [1.82, 2.24) is 5.43 Å². The van der Waals surface area contributed by atoms with Crippen molar-refractivity contribution < 1.29 is 14.2 Å². The first-order valence-electron chi connectivity index (χ1n) is 7.81. The smallest absolute Gasteiger partial charge is 0.191 e. The normalized spacial score (nSPS) is 10.5. The Morgan fingerprint density at radius 3 is 2.46 bits per heavy atom. The van der Waals surface area contributed by atoms with E-state index in [1.165, 1.54) is 7.11 Å². The molecule has 0 fully saturated rings. The number of hydrazone groups is 1. The molecule has 0 saturated carbocycles. The SMILES string of the molecule is CCOc1ccc(/C=N\NC(=S)Nc2cc(OC)c(Cl)cc2OC)cc1. The molecule has 0 amide bonds. The zero-order valence-corrected chi connectivity index (χ0v) is 16.3. The van der Waals surface area contributed by atoms with Crippen LogP contribution in [0.2, 0.25) is 5.02 Å². The predicted molar refractivity (Wildman–Crippen MR) is 109 cm³/mol. The second kappa shape index (κ2) is 9.84. The van der Waals surface area contributed by atoms with Gasteiger partial charge in [0.2, 0.25) is 0 Å². The first kappa shape index (κ1) is 19.8. The van der Waals surface area contributed by atoms with Gasteiger partial charge < -0.3 is 19.5 Å². The largest absolute Gasteiger partial charge is 0.495 e. The zero-order chi connectivity index (χ0) is 18.9. The summed E-state index contributed by atoms with van der Waals surface area (Å²) < 4.78 is 15.9. The number of ether oxygens (including phenoxy) is 3. The number of hydrogen-bond donors (Lipinski definition) is 2. The minimum Gasteiger partial charge on any atom is -0.495 e. The predicted octanol–water partition coefficient (Wildman–Crippen LogP) is 4.08. The van der Waals surface area contributed by atoms with Gasteiger partial charge in [0.05, 0.1) is 37.8 Å². The van der Waals surface area contributed by atoms with E-state index in [2.05, 4.69) is 15.8 Å². The lowest BCUT2D eigenvalue weighted by molar-refractivity contribution is 0.340. The van der Waals surface area contributed by atoms with Crippen molar-refractivity contribution in [2.24, 2.45) is 5.10 Å². The Morgan fingerprint density at radius 1 is 1.15 bits per heavy atom. The van der Waals surface area contributed by atoms with E-state index >= 15 is 0 Å². The highest BCUT2D eigenvalue weighted by Crippen LogP contribution is 2.35. The monoisotopic (exact) mass is 393 g/mol. The number of anilines is 1. The van der Waals surface area contributed by atoms with Crippen LogP contribution in [-0.2, 0) is 0 Å². The number of hydrogen-bond acceptors (Lipinski definition) is 5. The standard InChI is InChI=1S/C18H20ClN3O3S/c1-4-25-13-7-5-12(6-8-13)11-20-22-18(26)21-15-10-16(23-2)14(19)9-17(15)24-3/h5-11H,4H2,1-3H3,(H2,21,22,26)/b20-11-. The average Bonchev–Trinajstić information content (AvgIpc) is 2.64. The molecular weight excluding hydrogens is 374 g/mol. The van der Waals surface area contributed by atoms with Gasteiger partial charge in [0, 0.05) is 12.1 Å². The second-order valence-corrected chi connectivity index (χ2v) is 5.83. The Kier molecular flexibility index (Phi) is 7.50. The first-order chi connectivity index (χ1) is 12.6. The molecule has 2 aromatic rings. The summed E-state index contributed by atoms with van der Waals surface area (Å²) in [6.45, 7) is 2.58. The van der Waals surface area contributed by atoms with Gasteiger partial charge in [-0.25, -0.2) is 0 Å². The maximum absolute atomic E-state index is 6.09. The lowest BCUT2D eigenvalue weighted by Gasteiger charge is -2.14. The Labute approximate surface area is 163 Å². The van der Waals surface area contributed by atoms with Gasteiger partial charge in [-0.3, -0.25) is 5.43 Å². The second-order valence-electron chi connectivity index (χ2n) is 5.01. The number of rotatable bonds is 7. The van der Waals surface area contributed by atoms with Crippen LogP contribution in [0.5, 0.6) is 17.2 Å². The molecule has 6 nitrogen and oxygen atoms in total. The molecule has 0 atom stereocenters. The third-order valence-electron chi connectivity index (χ3n) is 3.29. The van der Waals surface area contributed by atoms with E-state index in [1.54, 1.807) is 25.5 Å². The maximum atomic E-state index is 6.09. The molecular formula is C18H20ClN3O3S. The number of nitrogens with one attached hydrogen (secondary N) is 2. The number of thiocarbonyl (C=S) groups is 1. The van der Waals surface area contributed by atoms with Gasteiger partial charge in [-0.2, -0.15) is 5.10 Å². The molecule has 2 aromatic carbocycles. The molecule has 26 heavy (non-hydrogen) atoms. The minimum absolute atomic E-state index is 0.301. The van der Waals surface area contributed by atoms with Crippen molar-refractivity contribution in [3.63, 3.8) is 0 Å². The summed E-state index contributed by atoms with van der Waals surface area (Å²) in [6.07, 6.45) is 1.66. The summed E-state index contributed by atoms with van der Waals surface area (Å²) in [7, 11) is 3.08. The van der Waals surface area contributed by atoms with Crippen molar-refractivity contribution in [3.8, 4) is 17.2 Å². The van der Waals surface area contributed by atoms with Gasteiger partial charge in [-0.05, 0) is 49.0 Å². The number of nitrogens with zero attached hydrogens (tertiary/aromatic N) is 1. The van der Waals surface area contributed by atoms with E-state index < -0.39 is 0 Å². The van der Waals surface area contributed by atoms with Crippen LogP contribution in [0.1, 0.15) is 12.5 Å². The Hall–Kier alpha value is -2.51. The van der Waals surface area contributed by atoms with Crippen LogP contribution in [-0.4, -0.2) is 32.2 Å². The molecule has 2 N–H and O–H groups in total. The summed E-state index contributed by atoms with van der Waals surface area (Å²) in [6, 6.07) is 10.9. The summed E-state index contributed by atoms with van der Waals surface area (Å²) in [5, 5.41) is 7.86. The van der Waals surface area contributed by atoms with Gasteiger partial charge in [0.1, 0.15) is 17.2 Å². The van der Waals surface area contributed by atoms with E-state index in [4.69, 9.17) is 38.0 Å². The fraction of sp³-hybridized carbons (Fsp3) is 0.222. The van der Waals surface area contributed by atoms with Gasteiger partial charge in [-0.1, -0.05) is 11.6 Å². The average molecular weight is 394 g/mol. The fourth-order valence-corrected chi connectivity index (χ4v) is 2.48. The molecule has 0 aliphatic heterocycles. The Morgan fingerprint density at radius 2 is 1.85 bits per heavy atom. The van der Waals surface area contributed by atoms with Crippen molar-refractivity contribution in [2.75, 3.05) is 26.1 Å². The number of methoxy groups -OCH3 is 2. The lowest BCUT2D eigenvalue weighted by atomic mass is 10.2. The van der Waals surface area contributed by atoms with Crippen LogP contribution in [0.25, 0.3) is 0 Å². The molecule has 0 aliphatic carbocycles. The van der Waals surface area contributed by atoms with Gasteiger partial charge in [-0.15, -0.1) is 0 Å². The van der Waals surface area contributed by atoms with E-state index in [1.807, 2.05) is 31.2 Å². The van der Waals surface area contributed by atoms with Crippen LogP contribution in [0.15, 0.2) is 41.5 Å². The highest BCUT2D eigenvalue weighted by Gasteiger charge is 2.10. The highest BCUT2D eigenvalue weighted by atomic mass is 35.5. The van der Waals surface area contributed by atoms with Crippen LogP contribution in [0.4, 0.5) is 5.69 Å². The summed E-state index contributed by atoms with van der Waals surface area (Å²) >= 11 is 11.3. The topological polar surface area (TPSA) is 64.1 Å². The molecule has 0 unspecified atom stereocenters. The van der Waals surface area contributed by atoms with Gasteiger partial charge in [0.15, 0.2) is 5.11 Å². The van der Waals surface area contributed by atoms with Crippen molar-refractivity contribution >= 4 is 40.8 Å². The quantitative estimate of drug-likeness (QED) is 0.420. The first-order valence-corrected chi connectivity index (χ1v) is 8.60. The maximum Gasteiger partial charge on any atom is 0.191 e. The molecule has 138 valence electrons. The van der Waals surface area contributed by atoms with Crippen molar-refractivity contribution in [1.29, 1.82) is 0 Å². The van der Waals surface area contributed by atoms with Gasteiger partial charge in [0.25, 0.3) is 0 Å². The Balaban J connectivity index is 1.98. The number of halogens is 1. The van der Waals surface area contributed by atoms with E-state index in [-0.39, 0.29) is 0 Å². The molecule has 0 spiro atoms. The van der Waals surface area contributed by atoms with Gasteiger partial charge >= 0.3 is 0 Å². The molecule has 2 rings (SSSR count). The van der Waals surface area contributed by atoms with E-state index in [9.17, 15) is 0 Å². The van der Waals surface area contributed by atoms with Crippen molar-refractivity contribution in [2.45, 2.75) is 6.92 Å². The summed E-state index contributed by atoms with van der Waals surface area (Å²) in [5.74, 6) is 1.87. The summed E-state index contributed by atoms with van der Waals surface area (Å²) in [5.41, 5.74) is 4.28. The summed E-state index contributed by atoms with van der Waals surface area (Å²) in [4.78, 5) is 0. The fourth-order valence-electron chi connectivity index (χ4n) is 2.09. The molecule has 0 radical (unpaired) electrons. The molecule has 0 aliphatic rings. The lowest BCUT2D eigenvalue weighted by Crippen LogP contribution is -2.24. The highest BCUT2D eigenvalue weighted by molar-refractivity contribution is 7.80. The third-order valence-corrected chi connectivity index (χ3v) is 3.78. The molecule has 8 heteroatoms. The van der Waals surface area contributed by atoms with Crippen LogP contribution in [0, 0.1) is 0 Å². The molecule has 0 bridgehead atoms. The zero-order valence-electron chi connectivity index (χ0n) is 14.7. The molecule has 0 heterocycles. The molecule has 0 aromatic heterocycles. The van der Waals surface area contributed by atoms with Crippen LogP contribution in [0.3, 0.4) is 0 Å². The van der Waals surface area contributed by atoms with Crippen LogP contribution < -0.4 is 25.0 Å². The third kappa shape index (κ3) is 5.50. The minimum atomic E-state index is 0.301. The van der Waals surface area contributed by atoms with E-state index in [0.717, 1.165) is 11.3 Å². The number of benzene rings is 2. The van der Waals surface area contributed by atoms with Crippen LogP contribution >= 0.6 is 23.8 Å². The molecule has 0 saturated heterocycles.